The van der Waals surface area contributed by atoms with Gasteiger partial charge in [-0.3, -0.25) is 4.79 Å². The first-order valence-corrected chi connectivity index (χ1v) is 9.69. The Hall–Kier alpha value is -3.15. The van der Waals surface area contributed by atoms with E-state index >= 15 is 0 Å². The number of nitrogens with one attached hydrogen (secondary N) is 1. The van der Waals surface area contributed by atoms with Gasteiger partial charge in [0.05, 0.1) is 10.6 Å². The summed E-state index contributed by atoms with van der Waals surface area (Å²) in [6, 6.07) is 6.12. The van der Waals surface area contributed by atoms with Gasteiger partial charge in [-0.05, 0) is 42.0 Å². The summed E-state index contributed by atoms with van der Waals surface area (Å²) in [6.45, 7) is -0.0997. The molecule has 1 aliphatic rings. The van der Waals surface area contributed by atoms with Crippen molar-refractivity contribution in [3.8, 4) is 0 Å². The van der Waals surface area contributed by atoms with Gasteiger partial charge in [-0.2, -0.15) is 13.2 Å². The minimum absolute atomic E-state index is 0.0192. The normalized spacial score (nSPS) is 15.2. The Morgan fingerprint density at radius 3 is 2.38 bits per heavy atom. The largest absolute Gasteiger partial charge is 0.501 e. The number of carbonyl (C=O) groups excluding carboxylic acids is 2. The molecule has 12 heteroatoms. The molecule has 2 heterocycles. The topological polar surface area (TPSA) is 99.7 Å². The van der Waals surface area contributed by atoms with Crippen LogP contribution in [0.5, 0.6) is 0 Å². The predicted molar refractivity (Wildman–Crippen MR) is 96.8 cm³/mol. The molecular weight excluding hydrogens is 413 g/mol. The van der Waals surface area contributed by atoms with Crippen LogP contribution in [0.15, 0.2) is 47.5 Å². The minimum Gasteiger partial charge on any atom is -0.373 e. The van der Waals surface area contributed by atoms with E-state index in [-0.39, 0.29) is 18.8 Å². The standard InChI is InChI=1S/C17H15F3N4O4S/c1-21-14-8-11(6-7-22-14)9-23-10-15(25)24(16(23)26)12-2-4-13(5-3-12)29(27,28)17(18,19)20/h2-8H,9-10H2,1H3,(H,21,22). The second-order valence-corrected chi connectivity index (χ2v) is 8.05. The number of aromatic nitrogens is 1. The summed E-state index contributed by atoms with van der Waals surface area (Å²) in [4.78, 5) is 30.0. The maximum atomic E-state index is 12.6. The number of amides is 3. The minimum atomic E-state index is -5.51. The average molecular weight is 428 g/mol. The summed E-state index contributed by atoms with van der Waals surface area (Å²) in [5.41, 5.74) is -4.74. The van der Waals surface area contributed by atoms with Crippen LogP contribution in [0.3, 0.4) is 0 Å². The van der Waals surface area contributed by atoms with Crippen molar-refractivity contribution in [1.82, 2.24) is 9.88 Å². The Bertz CT molecular complexity index is 1060. The third-order valence-electron chi connectivity index (χ3n) is 4.20. The van der Waals surface area contributed by atoms with Gasteiger partial charge in [0.15, 0.2) is 0 Å². The van der Waals surface area contributed by atoms with Crippen LogP contribution in [0.1, 0.15) is 5.56 Å². The van der Waals surface area contributed by atoms with Crippen LogP contribution in [0.25, 0.3) is 0 Å². The van der Waals surface area contributed by atoms with Crippen LogP contribution in [-0.4, -0.2) is 49.3 Å². The quantitative estimate of drug-likeness (QED) is 0.735. The van der Waals surface area contributed by atoms with Crippen molar-refractivity contribution in [2.45, 2.75) is 16.9 Å². The lowest BCUT2D eigenvalue weighted by atomic mass is 10.2. The third kappa shape index (κ3) is 3.88. The molecule has 0 aliphatic carbocycles. The van der Waals surface area contributed by atoms with E-state index in [1.165, 1.54) is 4.90 Å². The zero-order valence-electron chi connectivity index (χ0n) is 15.0. The van der Waals surface area contributed by atoms with Gasteiger partial charge in [-0.1, -0.05) is 0 Å². The van der Waals surface area contributed by atoms with Crippen LogP contribution >= 0.6 is 0 Å². The highest BCUT2D eigenvalue weighted by Crippen LogP contribution is 2.32. The van der Waals surface area contributed by atoms with Crippen molar-refractivity contribution in [3.63, 3.8) is 0 Å². The molecule has 3 rings (SSSR count). The second-order valence-electron chi connectivity index (χ2n) is 6.11. The monoisotopic (exact) mass is 428 g/mol. The molecule has 2 aromatic rings. The maximum absolute atomic E-state index is 12.6. The highest BCUT2D eigenvalue weighted by Gasteiger charge is 2.47. The molecule has 1 aromatic heterocycles. The van der Waals surface area contributed by atoms with Crippen LogP contribution in [0, 0.1) is 0 Å². The molecule has 0 unspecified atom stereocenters. The number of hydrogen-bond acceptors (Lipinski definition) is 6. The van der Waals surface area contributed by atoms with Crippen LogP contribution < -0.4 is 10.2 Å². The Balaban J connectivity index is 1.81. The fraction of sp³-hybridized carbons (Fsp3) is 0.235. The number of benzene rings is 1. The van der Waals surface area contributed by atoms with Gasteiger partial charge in [0.2, 0.25) is 0 Å². The molecule has 8 nitrogen and oxygen atoms in total. The van der Waals surface area contributed by atoms with Crippen LogP contribution in [-0.2, 0) is 21.2 Å². The first-order chi connectivity index (χ1) is 13.5. The lowest BCUT2D eigenvalue weighted by molar-refractivity contribution is -0.116. The molecule has 154 valence electrons. The number of urea groups is 1. The summed E-state index contributed by atoms with van der Waals surface area (Å²) in [5, 5.41) is 2.85. The number of alkyl halides is 3. The molecule has 0 spiro atoms. The first kappa shape index (κ1) is 20.6. The lowest BCUT2D eigenvalue weighted by Crippen LogP contribution is -2.32. The summed E-state index contributed by atoms with van der Waals surface area (Å²) in [6.07, 6.45) is 1.54. The van der Waals surface area contributed by atoms with Gasteiger partial charge in [0.25, 0.3) is 15.7 Å². The van der Waals surface area contributed by atoms with E-state index in [1.807, 2.05) is 0 Å². The van der Waals surface area contributed by atoms with E-state index in [4.69, 9.17) is 0 Å². The van der Waals surface area contributed by atoms with E-state index in [9.17, 15) is 31.2 Å². The van der Waals surface area contributed by atoms with E-state index in [1.54, 1.807) is 25.4 Å². The fourth-order valence-electron chi connectivity index (χ4n) is 2.77. The predicted octanol–water partition coefficient (Wildman–Crippen LogP) is 2.39. The highest BCUT2D eigenvalue weighted by atomic mass is 32.2. The highest BCUT2D eigenvalue weighted by molar-refractivity contribution is 7.92. The Morgan fingerprint density at radius 2 is 1.79 bits per heavy atom. The molecule has 0 atom stereocenters. The molecule has 1 aromatic carbocycles. The van der Waals surface area contributed by atoms with Gasteiger partial charge in [-0.15, -0.1) is 0 Å². The molecule has 1 fully saturated rings. The summed E-state index contributed by atoms with van der Waals surface area (Å²) in [5.74, 6) is 0.00289. The molecule has 3 amide bonds. The van der Waals surface area contributed by atoms with Gasteiger partial charge >= 0.3 is 11.5 Å². The number of carbonyl (C=O) groups is 2. The zero-order chi connectivity index (χ0) is 21.4. The van der Waals surface area contributed by atoms with Gasteiger partial charge < -0.3 is 10.2 Å². The number of halogens is 3. The van der Waals surface area contributed by atoms with Crippen molar-refractivity contribution in [1.29, 1.82) is 0 Å². The van der Waals surface area contributed by atoms with Crippen molar-refractivity contribution in [2.24, 2.45) is 0 Å². The summed E-state index contributed by atoms with van der Waals surface area (Å²) < 4.78 is 60.8. The maximum Gasteiger partial charge on any atom is 0.501 e. The molecule has 0 radical (unpaired) electrons. The smallest absolute Gasteiger partial charge is 0.373 e. The Labute approximate surface area is 163 Å². The molecule has 0 bridgehead atoms. The second kappa shape index (κ2) is 7.35. The van der Waals surface area contributed by atoms with E-state index in [0.717, 1.165) is 22.6 Å². The first-order valence-electron chi connectivity index (χ1n) is 8.20. The molecule has 1 aliphatic heterocycles. The molecule has 29 heavy (non-hydrogen) atoms. The van der Waals surface area contributed by atoms with Gasteiger partial charge in [0, 0.05) is 19.8 Å². The summed E-state index contributed by atoms with van der Waals surface area (Å²) >= 11 is 0. The van der Waals surface area contributed by atoms with Crippen LogP contribution in [0.2, 0.25) is 0 Å². The Morgan fingerprint density at radius 1 is 1.14 bits per heavy atom. The molecular formula is C17H15F3N4O4S. The lowest BCUT2D eigenvalue weighted by Gasteiger charge is -2.18. The number of anilines is 2. The number of nitrogens with zero attached hydrogens (tertiary/aromatic N) is 3. The number of imide groups is 1. The fourth-order valence-corrected chi connectivity index (χ4v) is 3.53. The Kier molecular flexibility index (Phi) is 5.22. The van der Waals surface area contributed by atoms with E-state index < -0.39 is 32.2 Å². The summed E-state index contributed by atoms with van der Waals surface area (Å²) in [7, 11) is -3.83. The number of pyridine rings is 1. The zero-order valence-corrected chi connectivity index (χ0v) is 15.8. The average Bonchev–Trinajstić information content (AvgIpc) is 2.94. The molecule has 0 saturated carbocycles. The number of sulfone groups is 1. The van der Waals surface area contributed by atoms with Crippen molar-refractivity contribution in [2.75, 3.05) is 23.8 Å². The van der Waals surface area contributed by atoms with E-state index in [2.05, 4.69) is 10.3 Å². The van der Waals surface area contributed by atoms with Gasteiger partial charge in [-0.25, -0.2) is 23.1 Å². The van der Waals surface area contributed by atoms with Crippen LogP contribution in [0.4, 0.5) is 29.5 Å². The van der Waals surface area contributed by atoms with Crippen molar-refractivity contribution < 1.29 is 31.2 Å². The van der Waals surface area contributed by atoms with Crippen molar-refractivity contribution in [3.05, 3.63) is 48.2 Å². The van der Waals surface area contributed by atoms with Gasteiger partial charge in [0.1, 0.15) is 12.4 Å². The SMILES string of the molecule is CNc1cc(CN2CC(=O)N(c3ccc(S(=O)(=O)C(F)(F)F)cc3)C2=O)ccn1. The number of rotatable bonds is 5. The molecule has 1 saturated heterocycles. The number of hydrogen-bond donors (Lipinski definition) is 1. The third-order valence-corrected chi connectivity index (χ3v) is 5.70. The van der Waals surface area contributed by atoms with Crippen molar-refractivity contribution >= 4 is 33.3 Å². The molecule has 1 N–H and O–H groups in total. The van der Waals surface area contributed by atoms with E-state index in [0.29, 0.717) is 18.0 Å².